The van der Waals surface area contributed by atoms with Gasteiger partial charge >= 0.3 is 6.18 Å². The van der Waals surface area contributed by atoms with E-state index in [1.165, 1.54) is 38.2 Å². The molecule has 0 amide bonds. The molecule has 1 aliphatic carbocycles. The molecule has 2 aromatic rings. The van der Waals surface area contributed by atoms with Gasteiger partial charge in [0.25, 0.3) is 0 Å². The van der Waals surface area contributed by atoms with Crippen molar-refractivity contribution in [2.24, 2.45) is 5.92 Å². The average molecular weight is 438 g/mol. The summed E-state index contributed by atoms with van der Waals surface area (Å²) in [6.45, 7) is 1.23. The van der Waals surface area contributed by atoms with Crippen molar-refractivity contribution in [1.29, 1.82) is 0 Å². The zero-order valence-electron chi connectivity index (χ0n) is 18.0. The van der Waals surface area contributed by atoms with E-state index in [0.717, 1.165) is 38.3 Å². The van der Waals surface area contributed by atoms with Crippen molar-refractivity contribution in [1.82, 2.24) is 15.0 Å². The number of hydrogen-bond acceptors (Lipinski definition) is 5. The van der Waals surface area contributed by atoms with E-state index in [-0.39, 0.29) is 23.2 Å². The molecule has 0 radical (unpaired) electrons. The van der Waals surface area contributed by atoms with Crippen LogP contribution in [-0.2, 0) is 6.18 Å². The lowest BCUT2D eigenvalue weighted by Gasteiger charge is -2.21. The van der Waals surface area contributed by atoms with Crippen LogP contribution in [-0.4, -0.2) is 35.2 Å². The van der Waals surface area contributed by atoms with E-state index >= 15 is 0 Å². The van der Waals surface area contributed by atoms with Crippen LogP contribution in [0, 0.1) is 5.92 Å². The van der Waals surface area contributed by atoms with Crippen LogP contribution in [0.15, 0.2) is 22.7 Å². The van der Waals surface area contributed by atoms with Gasteiger partial charge in [-0.15, -0.1) is 0 Å². The van der Waals surface area contributed by atoms with Gasteiger partial charge in [-0.3, -0.25) is 4.90 Å². The first-order chi connectivity index (χ1) is 14.9. The molecule has 2 heterocycles. The number of likely N-dealkylation sites (tertiary alicyclic amines) is 1. The Balaban J connectivity index is 1.44. The molecule has 2 aliphatic rings. The van der Waals surface area contributed by atoms with E-state index < -0.39 is 11.7 Å². The number of aromatic nitrogens is 2. The van der Waals surface area contributed by atoms with Gasteiger partial charge in [-0.1, -0.05) is 37.3 Å². The van der Waals surface area contributed by atoms with Crippen LogP contribution in [0.25, 0.3) is 11.4 Å². The van der Waals surface area contributed by atoms with E-state index in [1.54, 1.807) is 6.07 Å². The molecule has 5 nitrogen and oxygen atoms in total. The van der Waals surface area contributed by atoms with Gasteiger partial charge in [-0.25, -0.2) is 0 Å². The summed E-state index contributed by atoms with van der Waals surface area (Å²) < 4.78 is 52.0. The minimum atomic E-state index is -4.52. The molecule has 1 aliphatic heterocycles. The predicted octanol–water partition coefficient (Wildman–Crippen LogP) is 6.26. The molecule has 1 unspecified atom stereocenters. The lowest BCUT2D eigenvalue weighted by molar-refractivity contribution is -0.138. The SMILES string of the molecule is CN1CCCC1c1nc(-c2ccc(OCCCC3CCCCC3)c(C(F)(F)F)c2)no1. The van der Waals surface area contributed by atoms with Crippen LogP contribution in [0.1, 0.15) is 75.3 Å². The van der Waals surface area contributed by atoms with Crippen molar-refractivity contribution in [2.75, 3.05) is 20.2 Å². The van der Waals surface area contributed by atoms with Crippen molar-refractivity contribution >= 4 is 0 Å². The van der Waals surface area contributed by atoms with Crippen LogP contribution in [0.5, 0.6) is 5.75 Å². The maximum Gasteiger partial charge on any atom is 0.419 e. The summed E-state index contributed by atoms with van der Waals surface area (Å²) in [4.78, 5) is 6.48. The number of hydrogen-bond donors (Lipinski definition) is 0. The Morgan fingerprint density at radius 3 is 2.65 bits per heavy atom. The fourth-order valence-electron chi connectivity index (χ4n) is 4.76. The molecule has 1 aromatic carbocycles. The normalized spacial score (nSPS) is 21.0. The number of benzene rings is 1. The van der Waals surface area contributed by atoms with Crippen molar-refractivity contribution in [3.63, 3.8) is 0 Å². The molecule has 1 atom stereocenters. The number of nitrogens with zero attached hydrogens (tertiary/aromatic N) is 3. The Morgan fingerprint density at radius 1 is 1.13 bits per heavy atom. The Morgan fingerprint density at radius 2 is 1.94 bits per heavy atom. The zero-order valence-corrected chi connectivity index (χ0v) is 18.0. The summed E-state index contributed by atoms with van der Waals surface area (Å²) in [7, 11) is 1.98. The number of rotatable bonds is 7. The molecular formula is C23H30F3N3O2. The third-order valence-electron chi connectivity index (χ3n) is 6.53. The Kier molecular flexibility index (Phi) is 6.84. The topological polar surface area (TPSA) is 51.4 Å². The Bertz CT molecular complexity index is 862. The van der Waals surface area contributed by atoms with Crippen LogP contribution in [0.4, 0.5) is 13.2 Å². The van der Waals surface area contributed by atoms with Crippen molar-refractivity contribution in [3.05, 3.63) is 29.7 Å². The van der Waals surface area contributed by atoms with Gasteiger partial charge in [0.1, 0.15) is 5.75 Å². The maximum atomic E-state index is 13.7. The summed E-state index contributed by atoms with van der Waals surface area (Å²) in [5, 5.41) is 3.92. The minimum absolute atomic E-state index is 0.0232. The van der Waals surface area contributed by atoms with Gasteiger partial charge in [0.05, 0.1) is 18.2 Å². The largest absolute Gasteiger partial charge is 0.493 e. The quantitative estimate of drug-likeness (QED) is 0.479. The van der Waals surface area contributed by atoms with Crippen molar-refractivity contribution in [3.8, 4) is 17.1 Å². The summed E-state index contributed by atoms with van der Waals surface area (Å²) in [6, 6.07) is 4.02. The lowest BCUT2D eigenvalue weighted by Crippen LogP contribution is -2.17. The lowest BCUT2D eigenvalue weighted by atomic mass is 9.86. The van der Waals surface area contributed by atoms with Gasteiger partial charge in [-0.2, -0.15) is 18.2 Å². The van der Waals surface area contributed by atoms with E-state index in [9.17, 15) is 13.2 Å². The van der Waals surface area contributed by atoms with Gasteiger partial charge in [0.2, 0.25) is 11.7 Å². The molecule has 0 bridgehead atoms. The van der Waals surface area contributed by atoms with E-state index in [2.05, 4.69) is 15.0 Å². The van der Waals surface area contributed by atoms with Crippen LogP contribution < -0.4 is 4.74 Å². The molecule has 8 heteroatoms. The van der Waals surface area contributed by atoms with Crippen molar-refractivity contribution in [2.45, 2.75) is 70.0 Å². The van der Waals surface area contributed by atoms with E-state index in [1.807, 2.05) is 7.05 Å². The van der Waals surface area contributed by atoms with Gasteiger partial charge in [0, 0.05) is 5.56 Å². The smallest absolute Gasteiger partial charge is 0.419 e. The minimum Gasteiger partial charge on any atom is -0.493 e. The molecule has 0 N–H and O–H groups in total. The maximum absolute atomic E-state index is 13.7. The van der Waals surface area contributed by atoms with Crippen LogP contribution >= 0.6 is 0 Å². The average Bonchev–Trinajstić information content (AvgIpc) is 3.40. The number of halogens is 3. The third-order valence-corrected chi connectivity index (χ3v) is 6.53. The van der Waals surface area contributed by atoms with Gasteiger partial charge < -0.3 is 9.26 Å². The second-order valence-electron chi connectivity index (χ2n) is 8.80. The monoisotopic (exact) mass is 437 g/mol. The highest BCUT2D eigenvalue weighted by molar-refractivity contribution is 5.59. The molecule has 1 saturated carbocycles. The first-order valence-corrected chi connectivity index (χ1v) is 11.3. The number of alkyl halides is 3. The highest BCUT2D eigenvalue weighted by atomic mass is 19.4. The highest BCUT2D eigenvalue weighted by Gasteiger charge is 2.35. The van der Waals surface area contributed by atoms with E-state index in [0.29, 0.717) is 18.4 Å². The van der Waals surface area contributed by atoms with Crippen molar-refractivity contribution < 1.29 is 22.4 Å². The molecule has 0 spiro atoms. The fourth-order valence-corrected chi connectivity index (χ4v) is 4.76. The third kappa shape index (κ3) is 5.40. The van der Waals surface area contributed by atoms with Crippen LogP contribution in [0.3, 0.4) is 0 Å². The van der Waals surface area contributed by atoms with Gasteiger partial charge in [0.15, 0.2) is 0 Å². The number of ether oxygens (including phenoxy) is 1. The Labute approximate surface area is 181 Å². The molecular weight excluding hydrogens is 407 g/mol. The Hall–Kier alpha value is -2.09. The summed E-state index contributed by atoms with van der Waals surface area (Å²) in [5.41, 5.74) is -0.524. The highest BCUT2D eigenvalue weighted by Crippen LogP contribution is 2.39. The first-order valence-electron chi connectivity index (χ1n) is 11.3. The molecule has 31 heavy (non-hydrogen) atoms. The second-order valence-corrected chi connectivity index (χ2v) is 8.80. The molecule has 4 rings (SSSR count). The summed E-state index contributed by atoms with van der Waals surface area (Å²) >= 11 is 0. The van der Waals surface area contributed by atoms with Gasteiger partial charge in [-0.05, 0) is 63.4 Å². The van der Waals surface area contributed by atoms with Crippen LogP contribution in [0.2, 0.25) is 0 Å². The molecule has 170 valence electrons. The first kappa shape index (κ1) is 22.1. The fraction of sp³-hybridized carbons (Fsp3) is 0.652. The standard InChI is InChI=1S/C23H30F3N3O2/c1-29-13-5-10-19(29)22-27-21(28-31-22)17-11-12-20(18(15-17)23(24,25)26)30-14-6-9-16-7-3-2-4-8-16/h11-12,15-16,19H,2-10,13-14H2,1H3. The zero-order chi connectivity index (χ0) is 21.8. The molecule has 1 saturated heterocycles. The summed E-state index contributed by atoms with van der Waals surface area (Å²) in [5.74, 6) is 1.17. The molecule has 2 fully saturated rings. The molecule has 1 aromatic heterocycles. The second kappa shape index (κ2) is 9.59. The van der Waals surface area contributed by atoms with E-state index in [4.69, 9.17) is 9.26 Å². The predicted molar refractivity (Wildman–Crippen MR) is 111 cm³/mol. The summed E-state index contributed by atoms with van der Waals surface area (Å²) in [6.07, 6.45) is 5.48.